The summed E-state index contributed by atoms with van der Waals surface area (Å²) in [7, 11) is 2.15. The predicted octanol–water partition coefficient (Wildman–Crippen LogP) is 3.30. The zero-order valence-corrected chi connectivity index (χ0v) is 12.5. The third-order valence-electron chi connectivity index (χ3n) is 3.47. The molecule has 0 radical (unpaired) electrons. The van der Waals surface area contributed by atoms with Gasteiger partial charge in [-0.05, 0) is 39.7 Å². The first-order chi connectivity index (χ1) is 9.24. The van der Waals surface area contributed by atoms with Crippen LogP contribution in [0.5, 0.6) is 0 Å². The average Bonchev–Trinajstić information content (AvgIpc) is 2.42. The third-order valence-corrected chi connectivity index (χ3v) is 3.91. The standard InChI is InChI=1S/C15H16BrN3/c1-18-6-7-19(15-5-3-2-4-14(15)18)11-12-8-13(16)10-17-9-12/h2-5,8-10H,6-7,11H2,1H3. The van der Waals surface area contributed by atoms with Crippen molar-refractivity contribution in [3.63, 3.8) is 0 Å². The number of hydrogen-bond acceptors (Lipinski definition) is 3. The van der Waals surface area contributed by atoms with Gasteiger partial charge in [-0.15, -0.1) is 0 Å². The summed E-state index contributed by atoms with van der Waals surface area (Å²) < 4.78 is 1.03. The van der Waals surface area contributed by atoms with Crippen LogP contribution in [0.15, 0.2) is 47.2 Å². The second-order valence-electron chi connectivity index (χ2n) is 4.84. The molecule has 0 atom stereocenters. The minimum atomic E-state index is 0.900. The molecule has 4 heteroatoms. The number of benzene rings is 1. The Balaban J connectivity index is 1.89. The molecule has 3 nitrogen and oxygen atoms in total. The Labute approximate surface area is 122 Å². The number of fused-ring (bicyclic) bond motifs is 1. The number of halogens is 1. The summed E-state index contributed by atoms with van der Waals surface area (Å²) in [5.74, 6) is 0. The molecule has 1 aromatic carbocycles. The van der Waals surface area contributed by atoms with Gasteiger partial charge in [0.25, 0.3) is 0 Å². The lowest BCUT2D eigenvalue weighted by Gasteiger charge is -2.37. The summed E-state index contributed by atoms with van der Waals surface area (Å²) in [5, 5.41) is 0. The maximum Gasteiger partial charge on any atom is 0.0607 e. The second kappa shape index (κ2) is 5.21. The molecule has 19 heavy (non-hydrogen) atoms. The van der Waals surface area contributed by atoms with Gasteiger partial charge in [0, 0.05) is 43.5 Å². The van der Waals surface area contributed by atoms with Crippen LogP contribution in [-0.4, -0.2) is 25.1 Å². The smallest absolute Gasteiger partial charge is 0.0607 e. The van der Waals surface area contributed by atoms with Gasteiger partial charge >= 0.3 is 0 Å². The molecule has 0 saturated heterocycles. The van der Waals surface area contributed by atoms with Gasteiger partial charge in [0.15, 0.2) is 0 Å². The fourth-order valence-electron chi connectivity index (χ4n) is 2.49. The van der Waals surface area contributed by atoms with Crippen molar-refractivity contribution < 1.29 is 0 Å². The monoisotopic (exact) mass is 317 g/mol. The van der Waals surface area contributed by atoms with Crippen LogP contribution in [0.4, 0.5) is 11.4 Å². The molecule has 2 aromatic rings. The van der Waals surface area contributed by atoms with Gasteiger partial charge in [0.05, 0.1) is 11.4 Å². The summed E-state index contributed by atoms with van der Waals surface area (Å²) in [6, 6.07) is 10.7. The van der Waals surface area contributed by atoms with Crippen LogP contribution < -0.4 is 9.80 Å². The molecule has 98 valence electrons. The number of nitrogens with zero attached hydrogens (tertiary/aromatic N) is 3. The van der Waals surface area contributed by atoms with Crippen LogP contribution in [0.2, 0.25) is 0 Å². The van der Waals surface area contributed by atoms with Crippen LogP contribution in [0.3, 0.4) is 0 Å². The molecule has 1 aliphatic rings. The molecule has 0 amide bonds. The minimum absolute atomic E-state index is 0.900. The molecular weight excluding hydrogens is 302 g/mol. The van der Waals surface area contributed by atoms with E-state index in [0.29, 0.717) is 0 Å². The normalized spacial score (nSPS) is 14.4. The Morgan fingerprint density at radius 2 is 1.95 bits per heavy atom. The largest absolute Gasteiger partial charge is 0.371 e. The van der Waals surface area contributed by atoms with Crippen molar-refractivity contribution in [2.24, 2.45) is 0 Å². The Morgan fingerprint density at radius 3 is 2.74 bits per heavy atom. The highest BCUT2D eigenvalue weighted by atomic mass is 79.9. The zero-order valence-electron chi connectivity index (χ0n) is 10.9. The molecular formula is C15H16BrN3. The fraction of sp³-hybridized carbons (Fsp3) is 0.267. The van der Waals surface area contributed by atoms with Crippen LogP contribution in [0.25, 0.3) is 0 Å². The Hall–Kier alpha value is -1.55. The van der Waals surface area contributed by atoms with Gasteiger partial charge in [-0.1, -0.05) is 12.1 Å². The zero-order chi connectivity index (χ0) is 13.2. The number of pyridine rings is 1. The maximum atomic E-state index is 4.24. The Bertz CT molecular complexity index is 585. The Morgan fingerprint density at radius 1 is 1.16 bits per heavy atom. The molecule has 0 N–H and O–H groups in total. The van der Waals surface area contributed by atoms with E-state index < -0.39 is 0 Å². The van der Waals surface area contributed by atoms with Crippen LogP contribution in [0.1, 0.15) is 5.56 Å². The van der Waals surface area contributed by atoms with Crippen molar-refractivity contribution in [3.8, 4) is 0 Å². The molecule has 3 rings (SSSR count). The molecule has 0 aliphatic carbocycles. The summed E-state index contributed by atoms with van der Waals surface area (Å²) in [6.45, 7) is 3.00. The molecule has 0 fully saturated rings. The minimum Gasteiger partial charge on any atom is -0.371 e. The highest BCUT2D eigenvalue weighted by Gasteiger charge is 2.19. The molecule has 0 unspecified atom stereocenters. The average molecular weight is 318 g/mol. The molecule has 0 bridgehead atoms. The van der Waals surface area contributed by atoms with E-state index in [-0.39, 0.29) is 0 Å². The first-order valence-corrected chi connectivity index (χ1v) is 7.18. The molecule has 2 heterocycles. The van der Waals surface area contributed by atoms with E-state index in [1.165, 1.54) is 16.9 Å². The lowest BCUT2D eigenvalue weighted by Crippen LogP contribution is -2.38. The predicted molar refractivity (Wildman–Crippen MR) is 82.7 cm³/mol. The first kappa shape index (κ1) is 12.5. The van der Waals surface area contributed by atoms with E-state index in [0.717, 1.165) is 24.1 Å². The van der Waals surface area contributed by atoms with Gasteiger partial charge in [0.2, 0.25) is 0 Å². The molecule has 0 spiro atoms. The quantitative estimate of drug-likeness (QED) is 0.847. The second-order valence-corrected chi connectivity index (χ2v) is 5.76. The summed E-state index contributed by atoms with van der Waals surface area (Å²) in [4.78, 5) is 8.96. The highest BCUT2D eigenvalue weighted by molar-refractivity contribution is 9.10. The summed E-state index contributed by atoms with van der Waals surface area (Å²) in [6.07, 6.45) is 3.76. The van der Waals surface area contributed by atoms with Gasteiger partial charge in [-0.25, -0.2) is 0 Å². The third kappa shape index (κ3) is 2.59. The molecule has 1 aliphatic heterocycles. The van der Waals surface area contributed by atoms with Gasteiger partial charge in [0.1, 0.15) is 0 Å². The number of aromatic nitrogens is 1. The number of rotatable bonds is 2. The maximum absolute atomic E-state index is 4.24. The number of para-hydroxylation sites is 2. The van der Waals surface area contributed by atoms with Crippen LogP contribution in [-0.2, 0) is 6.54 Å². The Kier molecular flexibility index (Phi) is 3.42. The van der Waals surface area contributed by atoms with Gasteiger partial charge in [-0.3, -0.25) is 4.98 Å². The van der Waals surface area contributed by atoms with E-state index in [2.05, 4.69) is 68.1 Å². The SMILES string of the molecule is CN1CCN(Cc2cncc(Br)c2)c2ccccc21. The van der Waals surface area contributed by atoms with Gasteiger partial charge < -0.3 is 9.80 Å². The summed E-state index contributed by atoms with van der Waals surface area (Å²) in [5.41, 5.74) is 3.83. The number of hydrogen-bond donors (Lipinski definition) is 0. The number of anilines is 2. The van der Waals surface area contributed by atoms with E-state index in [9.17, 15) is 0 Å². The van der Waals surface area contributed by atoms with Gasteiger partial charge in [-0.2, -0.15) is 0 Å². The van der Waals surface area contributed by atoms with E-state index >= 15 is 0 Å². The highest BCUT2D eigenvalue weighted by Crippen LogP contribution is 2.32. The topological polar surface area (TPSA) is 19.4 Å². The van der Waals surface area contributed by atoms with Crippen LogP contribution >= 0.6 is 15.9 Å². The van der Waals surface area contributed by atoms with Crippen molar-refractivity contribution in [2.45, 2.75) is 6.54 Å². The fourth-order valence-corrected chi connectivity index (χ4v) is 2.91. The van der Waals surface area contributed by atoms with Crippen molar-refractivity contribution in [2.75, 3.05) is 29.9 Å². The van der Waals surface area contributed by atoms with E-state index in [1.54, 1.807) is 0 Å². The van der Waals surface area contributed by atoms with E-state index in [1.807, 2.05) is 12.4 Å². The summed E-state index contributed by atoms with van der Waals surface area (Å²) >= 11 is 3.48. The lowest BCUT2D eigenvalue weighted by atomic mass is 10.1. The first-order valence-electron chi connectivity index (χ1n) is 6.38. The molecule has 1 aromatic heterocycles. The number of likely N-dealkylation sites (N-methyl/N-ethyl adjacent to an activating group) is 1. The molecule has 0 saturated carbocycles. The van der Waals surface area contributed by atoms with E-state index in [4.69, 9.17) is 0 Å². The van der Waals surface area contributed by atoms with Crippen molar-refractivity contribution in [1.29, 1.82) is 0 Å². The van der Waals surface area contributed by atoms with Crippen molar-refractivity contribution in [3.05, 3.63) is 52.8 Å². The van der Waals surface area contributed by atoms with Crippen molar-refractivity contribution in [1.82, 2.24) is 4.98 Å². The van der Waals surface area contributed by atoms with Crippen molar-refractivity contribution >= 4 is 27.3 Å². The lowest BCUT2D eigenvalue weighted by molar-refractivity contribution is 0.733. The van der Waals surface area contributed by atoms with Crippen LogP contribution in [0, 0.1) is 0 Å².